The molecule has 0 saturated heterocycles. The molecule has 5 nitrogen and oxygen atoms in total. The van der Waals surface area contributed by atoms with Crippen LogP contribution in [0.15, 0.2) is 42.7 Å². The van der Waals surface area contributed by atoms with Gasteiger partial charge in [0, 0.05) is 18.7 Å². The topological polar surface area (TPSA) is 73.1 Å². The van der Waals surface area contributed by atoms with Gasteiger partial charge in [-0.05, 0) is 18.9 Å². The van der Waals surface area contributed by atoms with Gasteiger partial charge >= 0.3 is 0 Å². The summed E-state index contributed by atoms with van der Waals surface area (Å²) in [5.74, 6) is 1.33. The van der Waals surface area contributed by atoms with E-state index in [4.69, 9.17) is 10.5 Å². The van der Waals surface area contributed by atoms with Crippen molar-refractivity contribution in [2.45, 2.75) is 19.4 Å². The summed E-state index contributed by atoms with van der Waals surface area (Å²) in [7, 11) is 0. The summed E-state index contributed by atoms with van der Waals surface area (Å²) < 4.78 is 5.33. The fraction of sp³-hybridized carbons (Fsp3) is 0.333. The van der Waals surface area contributed by atoms with Gasteiger partial charge in [-0.3, -0.25) is 0 Å². The van der Waals surface area contributed by atoms with Crippen molar-refractivity contribution in [2.75, 3.05) is 18.5 Å². The van der Waals surface area contributed by atoms with Crippen LogP contribution < -0.4 is 15.8 Å². The molecular weight excluding hydrogens is 252 g/mol. The summed E-state index contributed by atoms with van der Waals surface area (Å²) in [4.78, 5) is 8.17. The standard InChI is InChI=1S/C15H20N4O/c1-2-20-15-10-14(18-11-19-15)17-9-8-13(16)12-6-4-3-5-7-12/h3-7,10-11,13H,2,8-9,16H2,1H3,(H,17,18,19). The van der Waals surface area contributed by atoms with Crippen LogP contribution in [0.4, 0.5) is 5.82 Å². The lowest BCUT2D eigenvalue weighted by Crippen LogP contribution is -2.15. The largest absolute Gasteiger partial charge is 0.478 e. The zero-order chi connectivity index (χ0) is 14.2. The van der Waals surface area contributed by atoms with E-state index in [1.165, 1.54) is 6.33 Å². The van der Waals surface area contributed by atoms with Crippen LogP contribution in [0.25, 0.3) is 0 Å². The third-order valence-corrected chi connectivity index (χ3v) is 2.92. The van der Waals surface area contributed by atoms with Crippen molar-refractivity contribution < 1.29 is 4.74 Å². The Balaban J connectivity index is 1.82. The molecular formula is C15H20N4O. The molecule has 2 aromatic rings. The molecule has 0 radical (unpaired) electrons. The van der Waals surface area contributed by atoms with Crippen molar-refractivity contribution in [1.29, 1.82) is 0 Å². The normalized spacial score (nSPS) is 11.9. The van der Waals surface area contributed by atoms with Crippen LogP contribution >= 0.6 is 0 Å². The third kappa shape index (κ3) is 4.20. The van der Waals surface area contributed by atoms with Crippen LogP contribution in [-0.4, -0.2) is 23.1 Å². The van der Waals surface area contributed by atoms with Gasteiger partial charge < -0.3 is 15.8 Å². The van der Waals surface area contributed by atoms with E-state index in [-0.39, 0.29) is 6.04 Å². The number of aromatic nitrogens is 2. The summed E-state index contributed by atoms with van der Waals surface area (Å²) in [6.07, 6.45) is 2.32. The number of nitrogens with zero attached hydrogens (tertiary/aromatic N) is 2. The maximum absolute atomic E-state index is 6.14. The number of benzene rings is 1. The molecule has 0 fully saturated rings. The first-order valence-electron chi connectivity index (χ1n) is 6.79. The SMILES string of the molecule is CCOc1cc(NCCC(N)c2ccccc2)ncn1. The van der Waals surface area contributed by atoms with Gasteiger partial charge in [0.25, 0.3) is 0 Å². The number of nitrogens with one attached hydrogen (secondary N) is 1. The minimum atomic E-state index is 0.0249. The minimum Gasteiger partial charge on any atom is -0.478 e. The molecule has 1 atom stereocenters. The first-order valence-corrected chi connectivity index (χ1v) is 6.79. The number of nitrogens with two attached hydrogens (primary N) is 1. The zero-order valence-electron chi connectivity index (χ0n) is 11.6. The van der Waals surface area contributed by atoms with E-state index in [0.717, 1.165) is 24.3 Å². The molecule has 0 spiro atoms. The maximum Gasteiger partial charge on any atom is 0.218 e. The Bertz CT molecular complexity index is 518. The second-order valence-electron chi connectivity index (χ2n) is 4.41. The average Bonchev–Trinajstić information content (AvgIpc) is 2.49. The molecule has 0 saturated carbocycles. The number of rotatable bonds is 7. The van der Waals surface area contributed by atoms with Gasteiger partial charge in [0.05, 0.1) is 6.61 Å². The Hall–Kier alpha value is -2.14. The van der Waals surface area contributed by atoms with Crippen molar-refractivity contribution in [3.05, 3.63) is 48.3 Å². The highest BCUT2D eigenvalue weighted by molar-refractivity contribution is 5.37. The summed E-state index contributed by atoms with van der Waals surface area (Å²) in [6.45, 7) is 3.27. The lowest BCUT2D eigenvalue weighted by atomic mass is 10.1. The first kappa shape index (κ1) is 14.3. The molecule has 1 unspecified atom stereocenters. The third-order valence-electron chi connectivity index (χ3n) is 2.92. The Morgan fingerprint density at radius 3 is 2.80 bits per heavy atom. The number of ether oxygens (including phenoxy) is 1. The van der Waals surface area contributed by atoms with Crippen molar-refractivity contribution in [3.8, 4) is 5.88 Å². The highest BCUT2D eigenvalue weighted by Gasteiger charge is 2.05. The maximum atomic E-state index is 6.14. The predicted molar refractivity (Wildman–Crippen MR) is 79.7 cm³/mol. The van der Waals surface area contributed by atoms with Crippen molar-refractivity contribution in [2.24, 2.45) is 5.73 Å². The van der Waals surface area contributed by atoms with E-state index in [1.54, 1.807) is 6.07 Å². The van der Waals surface area contributed by atoms with Crippen molar-refractivity contribution in [3.63, 3.8) is 0 Å². The summed E-state index contributed by atoms with van der Waals surface area (Å²) in [5, 5.41) is 3.23. The van der Waals surface area contributed by atoms with E-state index in [9.17, 15) is 0 Å². The molecule has 3 N–H and O–H groups in total. The molecule has 1 heterocycles. The highest BCUT2D eigenvalue weighted by Crippen LogP contribution is 2.14. The Kier molecular flexibility index (Phi) is 5.32. The molecule has 1 aromatic heterocycles. The fourth-order valence-electron chi connectivity index (χ4n) is 1.89. The van der Waals surface area contributed by atoms with Crippen molar-refractivity contribution >= 4 is 5.82 Å². The van der Waals surface area contributed by atoms with Crippen LogP contribution in [0.3, 0.4) is 0 Å². The lowest BCUT2D eigenvalue weighted by molar-refractivity contribution is 0.326. The van der Waals surface area contributed by atoms with Gasteiger partial charge in [-0.1, -0.05) is 30.3 Å². The van der Waals surface area contributed by atoms with Gasteiger partial charge in [-0.15, -0.1) is 0 Å². The summed E-state index contributed by atoms with van der Waals surface area (Å²) >= 11 is 0. The van der Waals surface area contributed by atoms with Crippen LogP contribution in [0.2, 0.25) is 0 Å². The summed E-state index contributed by atoms with van der Waals surface area (Å²) in [5.41, 5.74) is 7.28. The van der Waals surface area contributed by atoms with Crippen LogP contribution in [0, 0.1) is 0 Å². The second kappa shape index (κ2) is 7.45. The van der Waals surface area contributed by atoms with Gasteiger partial charge in [0.15, 0.2) is 0 Å². The Morgan fingerprint density at radius 1 is 1.25 bits per heavy atom. The molecule has 0 aliphatic heterocycles. The van der Waals surface area contributed by atoms with Gasteiger partial charge in [-0.25, -0.2) is 9.97 Å². The van der Waals surface area contributed by atoms with E-state index in [1.807, 2.05) is 37.3 Å². The molecule has 2 rings (SSSR count). The van der Waals surface area contributed by atoms with Gasteiger partial charge in [-0.2, -0.15) is 0 Å². The smallest absolute Gasteiger partial charge is 0.218 e. The van der Waals surface area contributed by atoms with E-state index < -0.39 is 0 Å². The number of hydrogen-bond acceptors (Lipinski definition) is 5. The highest BCUT2D eigenvalue weighted by atomic mass is 16.5. The van der Waals surface area contributed by atoms with Gasteiger partial charge in [0.1, 0.15) is 12.1 Å². The Labute approximate surface area is 119 Å². The fourth-order valence-corrected chi connectivity index (χ4v) is 1.89. The second-order valence-corrected chi connectivity index (χ2v) is 4.41. The summed E-state index contributed by atoms with van der Waals surface area (Å²) in [6, 6.07) is 11.9. The predicted octanol–water partition coefficient (Wildman–Crippen LogP) is 2.38. The molecule has 5 heteroatoms. The quantitative estimate of drug-likeness (QED) is 0.809. The van der Waals surface area contributed by atoms with Crippen LogP contribution in [0.1, 0.15) is 24.9 Å². The van der Waals surface area contributed by atoms with Crippen LogP contribution in [0.5, 0.6) is 5.88 Å². The van der Waals surface area contributed by atoms with E-state index in [0.29, 0.717) is 12.5 Å². The molecule has 0 aliphatic rings. The molecule has 0 amide bonds. The molecule has 20 heavy (non-hydrogen) atoms. The van der Waals surface area contributed by atoms with E-state index >= 15 is 0 Å². The van der Waals surface area contributed by atoms with Gasteiger partial charge in [0.2, 0.25) is 5.88 Å². The number of anilines is 1. The zero-order valence-corrected chi connectivity index (χ0v) is 11.6. The number of hydrogen-bond donors (Lipinski definition) is 2. The molecule has 0 bridgehead atoms. The molecule has 106 valence electrons. The first-order chi connectivity index (χ1) is 9.79. The van der Waals surface area contributed by atoms with Crippen LogP contribution in [-0.2, 0) is 0 Å². The molecule has 0 aliphatic carbocycles. The molecule has 1 aromatic carbocycles. The van der Waals surface area contributed by atoms with E-state index in [2.05, 4.69) is 15.3 Å². The Morgan fingerprint density at radius 2 is 2.05 bits per heavy atom. The minimum absolute atomic E-state index is 0.0249. The monoisotopic (exact) mass is 272 g/mol. The van der Waals surface area contributed by atoms with Crippen molar-refractivity contribution in [1.82, 2.24) is 9.97 Å². The average molecular weight is 272 g/mol. The lowest BCUT2D eigenvalue weighted by Gasteiger charge is -2.13.